The fourth-order valence-corrected chi connectivity index (χ4v) is 2.27. The molecule has 0 amide bonds. The Kier molecular flexibility index (Phi) is 3.90. The SMILES string of the molecule is COc1cc(OC)c(F)c(C2CC(C(=O)O)CN2)c1. The van der Waals surface area contributed by atoms with E-state index in [2.05, 4.69) is 5.32 Å². The van der Waals surface area contributed by atoms with Crippen LogP contribution in [-0.2, 0) is 4.79 Å². The molecule has 5 nitrogen and oxygen atoms in total. The van der Waals surface area contributed by atoms with Gasteiger partial charge in [0, 0.05) is 24.2 Å². The average molecular weight is 269 g/mol. The number of nitrogens with one attached hydrogen (secondary N) is 1. The predicted octanol–water partition coefficient (Wildman–Crippen LogP) is 1.58. The van der Waals surface area contributed by atoms with E-state index >= 15 is 0 Å². The molecular formula is C13H16FNO4. The van der Waals surface area contributed by atoms with Crippen molar-refractivity contribution in [2.75, 3.05) is 20.8 Å². The maximum Gasteiger partial charge on any atom is 0.307 e. The summed E-state index contributed by atoms with van der Waals surface area (Å²) in [6.45, 7) is 0.332. The number of halogens is 1. The lowest BCUT2D eigenvalue weighted by atomic mass is 9.99. The van der Waals surface area contributed by atoms with E-state index in [1.807, 2.05) is 0 Å². The first-order chi connectivity index (χ1) is 9.06. The van der Waals surface area contributed by atoms with Gasteiger partial charge in [0.1, 0.15) is 5.75 Å². The van der Waals surface area contributed by atoms with Gasteiger partial charge in [-0.3, -0.25) is 4.79 Å². The third-order valence-corrected chi connectivity index (χ3v) is 3.35. The number of hydrogen-bond acceptors (Lipinski definition) is 4. The van der Waals surface area contributed by atoms with E-state index in [0.29, 0.717) is 24.3 Å². The second kappa shape index (κ2) is 5.44. The number of carboxylic acids is 1. The molecule has 0 aliphatic carbocycles. The van der Waals surface area contributed by atoms with Crippen LogP contribution in [0.15, 0.2) is 12.1 Å². The van der Waals surface area contributed by atoms with Gasteiger partial charge >= 0.3 is 5.97 Å². The van der Waals surface area contributed by atoms with Crippen LogP contribution in [0.5, 0.6) is 11.5 Å². The van der Waals surface area contributed by atoms with Crippen molar-refractivity contribution in [3.63, 3.8) is 0 Å². The van der Waals surface area contributed by atoms with Gasteiger partial charge in [0.25, 0.3) is 0 Å². The van der Waals surface area contributed by atoms with Crippen LogP contribution in [0.4, 0.5) is 4.39 Å². The molecule has 1 aliphatic rings. The second-order valence-electron chi connectivity index (χ2n) is 4.46. The Morgan fingerprint density at radius 3 is 2.68 bits per heavy atom. The molecule has 0 radical (unpaired) electrons. The quantitative estimate of drug-likeness (QED) is 0.868. The fraction of sp³-hybridized carbons (Fsp3) is 0.462. The molecule has 2 rings (SSSR count). The highest BCUT2D eigenvalue weighted by Gasteiger charge is 2.32. The Labute approximate surface area is 110 Å². The molecule has 104 valence electrons. The van der Waals surface area contributed by atoms with E-state index in [-0.39, 0.29) is 11.8 Å². The van der Waals surface area contributed by atoms with Gasteiger partial charge in [-0.2, -0.15) is 0 Å². The molecule has 2 N–H and O–H groups in total. The Morgan fingerprint density at radius 1 is 1.42 bits per heavy atom. The van der Waals surface area contributed by atoms with Crippen molar-refractivity contribution in [3.05, 3.63) is 23.5 Å². The number of carboxylic acid groups (broad SMARTS) is 1. The molecule has 1 aliphatic heterocycles. The molecular weight excluding hydrogens is 253 g/mol. The molecule has 6 heteroatoms. The van der Waals surface area contributed by atoms with Crippen molar-refractivity contribution in [2.45, 2.75) is 12.5 Å². The lowest BCUT2D eigenvalue weighted by Crippen LogP contribution is -2.17. The van der Waals surface area contributed by atoms with Crippen LogP contribution in [0.1, 0.15) is 18.0 Å². The summed E-state index contributed by atoms with van der Waals surface area (Å²) in [6.07, 6.45) is 0.350. The van der Waals surface area contributed by atoms with Gasteiger partial charge in [-0.05, 0) is 12.5 Å². The zero-order valence-electron chi connectivity index (χ0n) is 10.8. The minimum absolute atomic E-state index is 0.0925. The van der Waals surface area contributed by atoms with Gasteiger partial charge in [-0.1, -0.05) is 0 Å². The average Bonchev–Trinajstić information content (AvgIpc) is 2.88. The molecule has 0 bridgehead atoms. The van der Waals surface area contributed by atoms with Gasteiger partial charge in [0.05, 0.1) is 20.1 Å². The molecule has 0 spiro atoms. The van der Waals surface area contributed by atoms with E-state index in [0.717, 1.165) is 0 Å². The van der Waals surface area contributed by atoms with Crippen molar-refractivity contribution < 1.29 is 23.8 Å². The Hall–Kier alpha value is -1.82. The van der Waals surface area contributed by atoms with E-state index in [9.17, 15) is 9.18 Å². The number of benzene rings is 1. The summed E-state index contributed by atoms with van der Waals surface area (Å²) in [5.41, 5.74) is 0.375. The Bertz CT molecular complexity index is 492. The number of methoxy groups -OCH3 is 2. The first-order valence-corrected chi connectivity index (χ1v) is 5.94. The molecule has 1 aromatic carbocycles. The third-order valence-electron chi connectivity index (χ3n) is 3.35. The second-order valence-corrected chi connectivity index (χ2v) is 4.46. The summed E-state index contributed by atoms with van der Waals surface area (Å²) in [5.74, 6) is -1.28. The van der Waals surface area contributed by atoms with Crippen LogP contribution >= 0.6 is 0 Å². The predicted molar refractivity (Wildman–Crippen MR) is 66.0 cm³/mol. The third kappa shape index (κ3) is 2.63. The molecule has 2 atom stereocenters. The van der Waals surface area contributed by atoms with Crippen molar-refractivity contribution >= 4 is 5.97 Å². The zero-order chi connectivity index (χ0) is 14.0. The van der Waals surface area contributed by atoms with Gasteiger partial charge in [-0.15, -0.1) is 0 Å². The normalized spacial score (nSPS) is 22.3. The minimum atomic E-state index is -0.870. The smallest absolute Gasteiger partial charge is 0.307 e. The van der Waals surface area contributed by atoms with Crippen LogP contribution < -0.4 is 14.8 Å². The number of rotatable bonds is 4. The van der Waals surface area contributed by atoms with E-state index in [1.54, 1.807) is 6.07 Å². The summed E-state index contributed by atoms with van der Waals surface area (Å²) in [7, 11) is 2.86. The highest BCUT2D eigenvalue weighted by atomic mass is 19.1. The van der Waals surface area contributed by atoms with Crippen LogP contribution in [0, 0.1) is 11.7 Å². The molecule has 1 aromatic rings. The van der Waals surface area contributed by atoms with Gasteiger partial charge in [0.2, 0.25) is 0 Å². The molecule has 1 fully saturated rings. The highest BCUT2D eigenvalue weighted by molar-refractivity contribution is 5.70. The van der Waals surface area contributed by atoms with Crippen molar-refractivity contribution in [3.8, 4) is 11.5 Å². The Morgan fingerprint density at radius 2 is 2.16 bits per heavy atom. The molecule has 0 saturated carbocycles. The monoisotopic (exact) mass is 269 g/mol. The topological polar surface area (TPSA) is 67.8 Å². The van der Waals surface area contributed by atoms with Gasteiger partial charge in [0.15, 0.2) is 11.6 Å². The summed E-state index contributed by atoms with van der Waals surface area (Å²) < 4.78 is 24.3. The lowest BCUT2D eigenvalue weighted by Gasteiger charge is -2.15. The fourth-order valence-electron chi connectivity index (χ4n) is 2.27. The lowest BCUT2D eigenvalue weighted by molar-refractivity contribution is -0.141. The van der Waals surface area contributed by atoms with Crippen LogP contribution in [-0.4, -0.2) is 31.8 Å². The molecule has 1 saturated heterocycles. The van der Waals surface area contributed by atoms with E-state index in [4.69, 9.17) is 14.6 Å². The minimum Gasteiger partial charge on any atom is -0.497 e. The van der Waals surface area contributed by atoms with Crippen molar-refractivity contribution in [1.29, 1.82) is 0 Å². The van der Waals surface area contributed by atoms with Crippen molar-refractivity contribution in [2.24, 2.45) is 5.92 Å². The summed E-state index contributed by atoms with van der Waals surface area (Å²) in [5, 5.41) is 12.0. The number of carbonyl (C=O) groups is 1. The first-order valence-electron chi connectivity index (χ1n) is 5.94. The molecule has 1 heterocycles. The van der Waals surface area contributed by atoms with Gasteiger partial charge in [-0.25, -0.2) is 4.39 Å². The molecule has 19 heavy (non-hydrogen) atoms. The van der Waals surface area contributed by atoms with E-state index < -0.39 is 17.7 Å². The van der Waals surface area contributed by atoms with Crippen molar-refractivity contribution in [1.82, 2.24) is 5.32 Å². The Balaban J connectivity index is 2.32. The summed E-state index contributed by atoms with van der Waals surface area (Å²) >= 11 is 0. The maximum atomic E-state index is 14.2. The first kappa shape index (κ1) is 13.6. The molecule has 0 aromatic heterocycles. The molecule has 2 unspecified atom stereocenters. The van der Waals surface area contributed by atoms with Crippen LogP contribution in [0.2, 0.25) is 0 Å². The van der Waals surface area contributed by atoms with Crippen LogP contribution in [0.25, 0.3) is 0 Å². The maximum absolute atomic E-state index is 14.2. The largest absolute Gasteiger partial charge is 0.497 e. The number of aliphatic carboxylic acids is 1. The summed E-state index contributed by atoms with van der Waals surface area (Å²) in [4.78, 5) is 10.9. The highest BCUT2D eigenvalue weighted by Crippen LogP contribution is 2.35. The van der Waals surface area contributed by atoms with E-state index in [1.165, 1.54) is 20.3 Å². The summed E-state index contributed by atoms with van der Waals surface area (Å²) in [6, 6.07) is 2.69. The number of hydrogen-bond donors (Lipinski definition) is 2. The zero-order valence-corrected chi connectivity index (χ0v) is 10.8. The van der Waals surface area contributed by atoms with Gasteiger partial charge < -0.3 is 19.9 Å². The standard InChI is InChI=1S/C13H16FNO4/c1-18-8-4-9(12(14)11(5-8)19-2)10-3-7(6-15-10)13(16)17/h4-5,7,10,15H,3,6H2,1-2H3,(H,16,17). The van der Waals surface area contributed by atoms with Crippen LogP contribution in [0.3, 0.4) is 0 Å². The number of ether oxygens (including phenoxy) is 2.